The molecule has 1 N–H and O–H groups in total. The molecule has 1 aromatic rings. The van der Waals surface area contributed by atoms with Crippen LogP contribution in [0.1, 0.15) is 6.92 Å². The molecule has 0 fully saturated rings. The number of hydrogen-bond donors (Lipinski definition) is 1. The molecule has 4 nitrogen and oxygen atoms in total. The highest BCUT2D eigenvalue weighted by molar-refractivity contribution is 5.39. The molecule has 0 heterocycles. The third-order valence-electron chi connectivity index (χ3n) is 2.23. The first-order chi connectivity index (χ1) is 8.38. The van der Waals surface area contributed by atoms with Gasteiger partial charge in [0.15, 0.2) is 11.5 Å². The lowest BCUT2D eigenvalue weighted by atomic mass is 10.3. The van der Waals surface area contributed by atoms with Crippen LogP contribution in [0, 0.1) is 0 Å². The largest absolute Gasteiger partial charge is 0.493 e. The number of para-hydroxylation sites is 2. The SMILES string of the molecule is CCOCCNCCOc1ccccc1OC. The fraction of sp³-hybridized carbons (Fsp3) is 0.538. The minimum absolute atomic E-state index is 0.618. The van der Waals surface area contributed by atoms with E-state index < -0.39 is 0 Å². The first kappa shape index (κ1) is 13.8. The van der Waals surface area contributed by atoms with Crippen LogP contribution in [0.4, 0.5) is 0 Å². The van der Waals surface area contributed by atoms with E-state index in [-0.39, 0.29) is 0 Å². The van der Waals surface area contributed by atoms with Gasteiger partial charge < -0.3 is 19.5 Å². The van der Waals surface area contributed by atoms with Gasteiger partial charge in [-0.05, 0) is 19.1 Å². The summed E-state index contributed by atoms with van der Waals surface area (Å²) in [4.78, 5) is 0. The maximum Gasteiger partial charge on any atom is 0.161 e. The molecule has 0 amide bonds. The van der Waals surface area contributed by atoms with Crippen molar-refractivity contribution in [2.24, 2.45) is 0 Å². The summed E-state index contributed by atoms with van der Waals surface area (Å²) in [7, 11) is 1.64. The molecule has 96 valence electrons. The van der Waals surface area contributed by atoms with Crippen molar-refractivity contribution in [2.75, 3.05) is 40.0 Å². The molecular weight excluding hydrogens is 218 g/mol. The Labute approximate surface area is 103 Å². The summed E-state index contributed by atoms with van der Waals surface area (Å²) in [6.07, 6.45) is 0. The lowest BCUT2D eigenvalue weighted by Gasteiger charge is -2.10. The van der Waals surface area contributed by atoms with Gasteiger partial charge >= 0.3 is 0 Å². The van der Waals surface area contributed by atoms with Crippen LogP contribution >= 0.6 is 0 Å². The van der Waals surface area contributed by atoms with E-state index in [0.29, 0.717) is 6.61 Å². The van der Waals surface area contributed by atoms with Gasteiger partial charge in [0.1, 0.15) is 6.61 Å². The van der Waals surface area contributed by atoms with Crippen molar-refractivity contribution in [1.82, 2.24) is 5.32 Å². The smallest absolute Gasteiger partial charge is 0.161 e. The third kappa shape index (κ3) is 5.56. The van der Waals surface area contributed by atoms with E-state index in [1.54, 1.807) is 7.11 Å². The van der Waals surface area contributed by atoms with E-state index in [0.717, 1.165) is 37.8 Å². The van der Waals surface area contributed by atoms with Crippen LogP contribution in [0.2, 0.25) is 0 Å². The lowest BCUT2D eigenvalue weighted by Crippen LogP contribution is -2.25. The molecule has 17 heavy (non-hydrogen) atoms. The van der Waals surface area contributed by atoms with Crippen molar-refractivity contribution < 1.29 is 14.2 Å². The number of rotatable bonds is 9. The Morgan fingerprint density at radius 2 is 1.76 bits per heavy atom. The molecule has 1 rings (SSSR count). The summed E-state index contributed by atoms with van der Waals surface area (Å²) in [5.41, 5.74) is 0. The first-order valence-electron chi connectivity index (χ1n) is 5.92. The zero-order valence-corrected chi connectivity index (χ0v) is 10.6. The van der Waals surface area contributed by atoms with E-state index in [4.69, 9.17) is 14.2 Å². The quantitative estimate of drug-likeness (QED) is 0.666. The molecule has 0 saturated carbocycles. The zero-order chi connectivity index (χ0) is 12.3. The second-order valence-corrected chi connectivity index (χ2v) is 3.45. The van der Waals surface area contributed by atoms with Gasteiger partial charge in [-0.2, -0.15) is 0 Å². The van der Waals surface area contributed by atoms with Gasteiger partial charge in [-0.1, -0.05) is 12.1 Å². The molecule has 0 atom stereocenters. The third-order valence-corrected chi connectivity index (χ3v) is 2.23. The molecule has 0 aliphatic rings. The van der Waals surface area contributed by atoms with Gasteiger partial charge in [0.05, 0.1) is 13.7 Å². The van der Waals surface area contributed by atoms with Gasteiger partial charge in [0, 0.05) is 19.7 Å². The molecular formula is C13H21NO3. The number of ether oxygens (including phenoxy) is 3. The Hall–Kier alpha value is -1.26. The normalized spacial score (nSPS) is 10.2. The van der Waals surface area contributed by atoms with E-state index >= 15 is 0 Å². The minimum Gasteiger partial charge on any atom is -0.493 e. The average Bonchev–Trinajstić information content (AvgIpc) is 2.38. The van der Waals surface area contributed by atoms with Gasteiger partial charge in [-0.15, -0.1) is 0 Å². The predicted molar refractivity (Wildman–Crippen MR) is 67.9 cm³/mol. The average molecular weight is 239 g/mol. The Balaban J connectivity index is 2.13. The highest BCUT2D eigenvalue weighted by Crippen LogP contribution is 2.25. The second kappa shape index (κ2) is 8.84. The Bertz CT molecular complexity index is 304. The van der Waals surface area contributed by atoms with E-state index in [1.807, 2.05) is 31.2 Å². The summed E-state index contributed by atoms with van der Waals surface area (Å²) in [6, 6.07) is 7.64. The van der Waals surface area contributed by atoms with Crippen LogP contribution in [-0.2, 0) is 4.74 Å². The van der Waals surface area contributed by atoms with Crippen molar-refractivity contribution >= 4 is 0 Å². The summed E-state index contributed by atoms with van der Waals surface area (Å²) < 4.78 is 16.0. The summed E-state index contributed by atoms with van der Waals surface area (Å²) in [6.45, 7) is 5.76. The van der Waals surface area contributed by atoms with Crippen molar-refractivity contribution in [3.8, 4) is 11.5 Å². The predicted octanol–water partition coefficient (Wildman–Crippen LogP) is 1.70. The van der Waals surface area contributed by atoms with Gasteiger partial charge in [0.25, 0.3) is 0 Å². The molecule has 0 bridgehead atoms. The zero-order valence-electron chi connectivity index (χ0n) is 10.6. The van der Waals surface area contributed by atoms with E-state index in [9.17, 15) is 0 Å². The van der Waals surface area contributed by atoms with Crippen LogP contribution in [0.5, 0.6) is 11.5 Å². The second-order valence-electron chi connectivity index (χ2n) is 3.45. The van der Waals surface area contributed by atoms with Crippen molar-refractivity contribution in [1.29, 1.82) is 0 Å². The molecule has 0 radical (unpaired) electrons. The van der Waals surface area contributed by atoms with Crippen LogP contribution in [-0.4, -0.2) is 40.0 Å². The topological polar surface area (TPSA) is 39.7 Å². The van der Waals surface area contributed by atoms with Crippen molar-refractivity contribution in [2.45, 2.75) is 6.92 Å². The van der Waals surface area contributed by atoms with Crippen LogP contribution in [0.3, 0.4) is 0 Å². The maximum absolute atomic E-state index is 5.61. The van der Waals surface area contributed by atoms with Crippen LogP contribution in [0.15, 0.2) is 24.3 Å². The van der Waals surface area contributed by atoms with E-state index in [2.05, 4.69) is 5.32 Å². The number of nitrogens with one attached hydrogen (secondary N) is 1. The molecule has 1 aromatic carbocycles. The maximum atomic E-state index is 5.61. The molecule has 0 unspecified atom stereocenters. The number of methoxy groups -OCH3 is 1. The van der Waals surface area contributed by atoms with Gasteiger partial charge in [0.2, 0.25) is 0 Å². The fourth-order valence-electron chi connectivity index (χ4n) is 1.38. The van der Waals surface area contributed by atoms with Crippen molar-refractivity contribution in [3.05, 3.63) is 24.3 Å². The molecule has 0 aliphatic carbocycles. The summed E-state index contributed by atoms with van der Waals surface area (Å²) in [5, 5.41) is 3.24. The monoisotopic (exact) mass is 239 g/mol. The number of hydrogen-bond acceptors (Lipinski definition) is 4. The number of benzene rings is 1. The Kier molecular flexibility index (Phi) is 7.18. The van der Waals surface area contributed by atoms with Crippen molar-refractivity contribution in [3.63, 3.8) is 0 Å². The molecule has 4 heteroatoms. The Morgan fingerprint density at radius 1 is 1.06 bits per heavy atom. The Morgan fingerprint density at radius 3 is 2.47 bits per heavy atom. The van der Waals surface area contributed by atoms with Gasteiger partial charge in [-0.3, -0.25) is 0 Å². The molecule has 0 aromatic heterocycles. The first-order valence-corrected chi connectivity index (χ1v) is 5.92. The fourth-order valence-corrected chi connectivity index (χ4v) is 1.38. The highest BCUT2D eigenvalue weighted by Gasteiger charge is 2.01. The summed E-state index contributed by atoms with van der Waals surface area (Å²) in [5.74, 6) is 1.54. The van der Waals surface area contributed by atoms with Crippen LogP contribution < -0.4 is 14.8 Å². The molecule has 0 spiro atoms. The van der Waals surface area contributed by atoms with Gasteiger partial charge in [-0.25, -0.2) is 0 Å². The van der Waals surface area contributed by atoms with Crippen LogP contribution in [0.25, 0.3) is 0 Å². The molecule has 0 aliphatic heterocycles. The summed E-state index contributed by atoms with van der Waals surface area (Å²) >= 11 is 0. The standard InChI is InChI=1S/C13H21NO3/c1-3-16-10-8-14-9-11-17-13-7-5-4-6-12(13)15-2/h4-7,14H,3,8-11H2,1-2H3. The van der Waals surface area contributed by atoms with E-state index in [1.165, 1.54) is 0 Å². The lowest BCUT2D eigenvalue weighted by molar-refractivity contribution is 0.148. The molecule has 0 saturated heterocycles. The minimum atomic E-state index is 0.618. The highest BCUT2D eigenvalue weighted by atomic mass is 16.5.